The van der Waals surface area contributed by atoms with Crippen molar-refractivity contribution >= 4 is 87.1 Å². The highest BCUT2D eigenvalue weighted by Crippen LogP contribution is 2.32. The summed E-state index contributed by atoms with van der Waals surface area (Å²) >= 11 is 6.30. The molecule has 6 atom stereocenters. The van der Waals surface area contributed by atoms with Gasteiger partial charge in [-0.1, -0.05) is 47.6 Å². The second-order valence-electron chi connectivity index (χ2n) is 18.5. The van der Waals surface area contributed by atoms with E-state index < -0.39 is 78.1 Å². The average Bonchev–Trinajstić information content (AvgIpc) is 4.16. The number of pyridine rings is 2. The first-order valence-electron chi connectivity index (χ1n) is 21.9. The molecule has 2 saturated heterocycles. The number of thiophene rings is 2. The van der Waals surface area contributed by atoms with Crippen molar-refractivity contribution in [1.29, 1.82) is 0 Å². The first-order valence-corrected chi connectivity index (χ1v) is 24.6. The van der Waals surface area contributed by atoms with Crippen LogP contribution in [-0.4, -0.2) is 148 Å². The summed E-state index contributed by atoms with van der Waals surface area (Å²) in [5.74, 6) is -2.18. The quantitative estimate of drug-likeness (QED) is 0.0717. The van der Waals surface area contributed by atoms with E-state index in [0.717, 1.165) is 11.3 Å². The standard InChI is InChI=1S/C23H29N3O6S.C19H26BrN3O6.C4H5BO2S/c1-23(2,3)19(25-22(30)31-4)20(27)26-11-14(9-18(26)21(28)29)12-32-16-5-7-24-17(10-16)15-6-8-33-13-15;1-19(2,3)15(22-18(27)28-4)16(24)23-9-11(7-13(23)17(25)26)10-29-12-5-6-21-14(20)8-12;6-5(7)4-1-2-8-3-4/h5-8,10,13-14,18-19H,9,11-12H2,1-4H3,(H,25,30)(H,28,29);5-6,8,11,13,15H,7,9-10H2,1-4H3,(H,22,27)(H,25,26);1-3,6-7H/t14-,18+,19-;11-,13+,15-;/m11./s1. The number of nitrogens with zero attached hydrogens (tertiary/aromatic N) is 4. The van der Waals surface area contributed by atoms with Crippen LogP contribution in [0, 0.1) is 22.7 Å². The Morgan fingerprint density at radius 3 is 1.56 bits per heavy atom. The SMILES string of the molecule is COC(=O)N[C@H](C(=O)N1C[C@H](COc2ccnc(-c3ccsc3)c2)C[C@H]1C(=O)O)C(C)(C)C.COC(=O)N[C@H](C(=O)N1C[C@H](COc2ccnc(Br)c2)C[C@H]1C(=O)O)C(C)(C)C.OB(O)c1ccsc1. The van der Waals surface area contributed by atoms with Crippen molar-refractivity contribution in [2.24, 2.45) is 22.7 Å². The molecule has 0 spiro atoms. The largest absolute Gasteiger partial charge is 0.493 e. The maximum atomic E-state index is 13.3. The molecule has 0 aromatic carbocycles. The van der Waals surface area contributed by atoms with Gasteiger partial charge in [0.15, 0.2) is 0 Å². The number of aromatic nitrogens is 2. The van der Waals surface area contributed by atoms with Crippen molar-refractivity contribution in [3.63, 3.8) is 0 Å². The highest BCUT2D eigenvalue weighted by Gasteiger charge is 2.47. The first-order chi connectivity index (χ1) is 32.9. The minimum absolute atomic E-state index is 0.161. The lowest BCUT2D eigenvalue weighted by Crippen LogP contribution is -2.56. The number of ether oxygens (including phenoxy) is 4. The second-order valence-corrected chi connectivity index (χ2v) is 20.9. The van der Waals surface area contributed by atoms with E-state index in [1.165, 1.54) is 35.4 Å². The van der Waals surface area contributed by atoms with E-state index in [1.807, 2.05) is 22.9 Å². The van der Waals surface area contributed by atoms with Crippen molar-refractivity contribution in [2.45, 2.75) is 78.6 Å². The number of carbonyl (C=O) groups excluding carboxylic acids is 4. The maximum absolute atomic E-state index is 13.3. The van der Waals surface area contributed by atoms with Crippen LogP contribution in [0.2, 0.25) is 0 Å². The van der Waals surface area contributed by atoms with Gasteiger partial charge in [0.2, 0.25) is 11.8 Å². The molecule has 0 saturated carbocycles. The average molecular weight is 1080 g/mol. The molecule has 0 bridgehead atoms. The minimum Gasteiger partial charge on any atom is -0.493 e. The summed E-state index contributed by atoms with van der Waals surface area (Å²) in [6.07, 6.45) is 2.30. The van der Waals surface area contributed by atoms with Gasteiger partial charge in [-0.2, -0.15) is 22.7 Å². The van der Waals surface area contributed by atoms with E-state index in [-0.39, 0.29) is 51.0 Å². The van der Waals surface area contributed by atoms with E-state index in [4.69, 9.17) is 19.5 Å². The van der Waals surface area contributed by atoms with Gasteiger partial charge in [-0.25, -0.2) is 24.2 Å². The molecule has 6 rings (SSSR count). The van der Waals surface area contributed by atoms with Crippen molar-refractivity contribution in [1.82, 2.24) is 30.4 Å². The predicted octanol–water partition coefficient (Wildman–Crippen LogP) is 4.98. The number of likely N-dealkylation sites (tertiary alicyclic amines) is 2. The van der Waals surface area contributed by atoms with Crippen molar-refractivity contribution in [3.05, 3.63) is 74.9 Å². The number of hydrogen-bond acceptors (Lipinski definition) is 16. The number of carbonyl (C=O) groups is 6. The Labute approximate surface area is 423 Å². The zero-order chi connectivity index (χ0) is 51.9. The summed E-state index contributed by atoms with van der Waals surface area (Å²) in [6.45, 7) is 11.7. The molecule has 70 heavy (non-hydrogen) atoms. The molecule has 6 N–H and O–H groups in total. The summed E-state index contributed by atoms with van der Waals surface area (Å²) in [5, 5.41) is 48.9. The number of carboxylic acids is 2. The smallest absolute Gasteiger partial charge is 0.489 e. The van der Waals surface area contributed by atoms with Gasteiger partial charge >= 0.3 is 31.2 Å². The van der Waals surface area contributed by atoms with Gasteiger partial charge in [0.1, 0.15) is 40.3 Å². The predicted molar refractivity (Wildman–Crippen MR) is 265 cm³/mol. The zero-order valence-corrected chi connectivity index (χ0v) is 43.3. The molecule has 24 heteroatoms. The Morgan fingerprint density at radius 1 is 0.729 bits per heavy atom. The van der Waals surface area contributed by atoms with Crippen LogP contribution in [0.4, 0.5) is 9.59 Å². The van der Waals surface area contributed by atoms with Crippen LogP contribution in [0.5, 0.6) is 11.5 Å². The molecular formula is C46H60BBrN6O14S2. The first kappa shape index (κ1) is 56.8. The third-order valence-corrected chi connectivity index (χ3v) is 12.9. The van der Waals surface area contributed by atoms with Gasteiger partial charge in [0.25, 0.3) is 0 Å². The summed E-state index contributed by atoms with van der Waals surface area (Å²) in [4.78, 5) is 84.7. The van der Waals surface area contributed by atoms with Crippen LogP contribution in [-0.2, 0) is 28.7 Å². The van der Waals surface area contributed by atoms with Crippen LogP contribution >= 0.6 is 38.6 Å². The van der Waals surface area contributed by atoms with Gasteiger partial charge in [0, 0.05) is 60.4 Å². The topological polar surface area (TPSA) is 277 Å². The van der Waals surface area contributed by atoms with E-state index in [0.29, 0.717) is 21.6 Å². The Morgan fingerprint density at radius 2 is 1.19 bits per heavy atom. The Kier molecular flexibility index (Phi) is 21.0. The van der Waals surface area contributed by atoms with Gasteiger partial charge in [-0.3, -0.25) is 14.6 Å². The van der Waals surface area contributed by atoms with Crippen molar-refractivity contribution < 1.29 is 68.0 Å². The Bertz CT molecular complexity index is 2370. The number of alkyl carbamates (subject to hydrolysis) is 2. The van der Waals surface area contributed by atoms with Crippen LogP contribution in [0.25, 0.3) is 11.3 Å². The lowest BCUT2D eigenvalue weighted by Gasteiger charge is -2.34. The zero-order valence-electron chi connectivity index (χ0n) is 40.1. The van der Waals surface area contributed by atoms with Crippen molar-refractivity contribution in [2.75, 3.05) is 40.5 Å². The normalized spacial score (nSPS) is 18.4. The number of aliphatic carboxylic acids is 2. The Balaban J connectivity index is 0.000000264. The third kappa shape index (κ3) is 16.7. The molecule has 4 aromatic rings. The molecule has 0 radical (unpaired) electrons. The lowest BCUT2D eigenvalue weighted by atomic mass is 9.83. The van der Waals surface area contributed by atoms with Crippen LogP contribution in [0.3, 0.4) is 0 Å². The summed E-state index contributed by atoms with van der Waals surface area (Å²) in [6, 6.07) is 6.82. The summed E-state index contributed by atoms with van der Waals surface area (Å²) in [7, 11) is 1.12. The highest BCUT2D eigenvalue weighted by molar-refractivity contribution is 9.10. The fourth-order valence-corrected chi connectivity index (χ4v) is 9.08. The molecule has 2 aliphatic heterocycles. The molecule has 2 aliphatic rings. The summed E-state index contributed by atoms with van der Waals surface area (Å²) < 4.78 is 21.6. The summed E-state index contributed by atoms with van der Waals surface area (Å²) in [5.41, 5.74) is 1.09. The number of halogens is 1. The molecule has 20 nitrogen and oxygen atoms in total. The Hall–Kier alpha value is -5.82. The number of rotatable bonds is 14. The van der Waals surface area contributed by atoms with E-state index in [9.17, 15) is 39.0 Å². The number of carboxylic acid groups (broad SMARTS) is 2. The van der Waals surface area contributed by atoms with Crippen LogP contribution < -0.4 is 25.6 Å². The number of hydrogen-bond donors (Lipinski definition) is 6. The molecule has 0 aliphatic carbocycles. The number of nitrogens with one attached hydrogen (secondary N) is 2. The lowest BCUT2D eigenvalue weighted by molar-refractivity contribution is -0.150. The monoisotopic (exact) mass is 1070 g/mol. The van der Waals surface area contributed by atoms with Gasteiger partial charge in [-0.05, 0) is 79.4 Å². The number of amides is 4. The van der Waals surface area contributed by atoms with E-state index >= 15 is 0 Å². The maximum Gasteiger partial charge on any atom is 0.489 e. The molecule has 380 valence electrons. The molecule has 2 fully saturated rings. The van der Waals surface area contributed by atoms with Crippen LogP contribution in [0.15, 0.2) is 74.9 Å². The molecule has 0 unspecified atom stereocenters. The molecule has 6 heterocycles. The highest BCUT2D eigenvalue weighted by atomic mass is 79.9. The molecule has 4 aromatic heterocycles. The van der Waals surface area contributed by atoms with Gasteiger partial charge in [0.05, 0.1) is 33.1 Å². The van der Waals surface area contributed by atoms with Gasteiger partial charge < -0.3 is 59.6 Å². The fourth-order valence-electron chi connectivity index (χ4n) is 7.42. The second kappa shape index (κ2) is 25.9. The molecule has 4 amide bonds. The van der Waals surface area contributed by atoms with E-state index in [2.05, 4.69) is 46.0 Å². The van der Waals surface area contributed by atoms with Crippen molar-refractivity contribution in [3.8, 4) is 22.8 Å². The van der Waals surface area contributed by atoms with Gasteiger partial charge in [-0.15, -0.1) is 0 Å². The molecular weight excluding hydrogens is 1020 g/mol. The van der Waals surface area contributed by atoms with E-state index in [1.54, 1.807) is 100 Å². The number of methoxy groups -OCH3 is 2. The minimum atomic E-state index is -1.30. The fraction of sp³-hybridized carbons (Fsp3) is 0.478. The third-order valence-electron chi connectivity index (χ3n) is 11.1. The van der Waals surface area contributed by atoms with Crippen LogP contribution in [0.1, 0.15) is 54.4 Å².